The van der Waals surface area contributed by atoms with Crippen LogP contribution in [0.1, 0.15) is 36.0 Å². The number of nitrogens with one attached hydrogen (secondary N) is 2. The van der Waals surface area contributed by atoms with Gasteiger partial charge in [-0.2, -0.15) is 0 Å². The second-order valence-corrected chi connectivity index (χ2v) is 7.05. The summed E-state index contributed by atoms with van der Waals surface area (Å²) in [6.45, 7) is 0. The molecule has 0 radical (unpaired) electrons. The van der Waals surface area contributed by atoms with Gasteiger partial charge < -0.3 is 11.1 Å². The third-order valence-electron chi connectivity index (χ3n) is 3.75. The number of hydrogen-bond acceptors (Lipinski definition) is 4. The predicted molar refractivity (Wildman–Crippen MR) is 80.4 cm³/mol. The van der Waals surface area contributed by atoms with Crippen LogP contribution in [0.15, 0.2) is 29.2 Å². The van der Waals surface area contributed by atoms with Crippen molar-refractivity contribution in [3.05, 3.63) is 29.8 Å². The first-order chi connectivity index (χ1) is 9.92. The van der Waals surface area contributed by atoms with Crippen LogP contribution in [0.5, 0.6) is 0 Å². The monoisotopic (exact) mass is 311 g/mol. The molecule has 0 spiro atoms. The molecule has 1 aromatic rings. The Balaban J connectivity index is 2.07. The van der Waals surface area contributed by atoms with E-state index in [1.165, 1.54) is 31.3 Å². The second kappa shape index (κ2) is 6.55. The summed E-state index contributed by atoms with van der Waals surface area (Å²) in [6.07, 6.45) is 3.19. The largest absolute Gasteiger partial charge is 0.355 e. The van der Waals surface area contributed by atoms with E-state index in [9.17, 15) is 13.2 Å². The Hall–Kier alpha value is -1.44. The number of benzene rings is 1. The Morgan fingerprint density at radius 2 is 1.71 bits per heavy atom. The summed E-state index contributed by atoms with van der Waals surface area (Å²) in [7, 11) is -2.02. The fourth-order valence-electron chi connectivity index (χ4n) is 2.45. The smallest absolute Gasteiger partial charge is 0.251 e. The highest BCUT2D eigenvalue weighted by Crippen LogP contribution is 2.19. The number of amides is 1. The topological polar surface area (TPSA) is 101 Å². The van der Waals surface area contributed by atoms with Crippen molar-refractivity contribution < 1.29 is 13.2 Å². The molecule has 6 nitrogen and oxygen atoms in total. The fourth-order valence-corrected chi connectivity index (χ4v) is 3.76. The summed E-state index contributed by atoms with van der Waals surface area (Å²) in [4.78, 5) is 11.6. The van der Waals surface area contributed by atoms with Crippen molar-refractivity contribution in [1.82, 2.24) is 10.0 Å². The zero-order valence-electron chi connectivity index (χ0n) is 12.0. The van der Waals surface area contributed by atoms with Gasteiger partial charge in [-0.1, -0.05) is 0 Å². The van der Waals surface area contributed by atoms with Gasteiger partial charge in [0.1, 0.15) is 0 Å². The molecule has 1 saturated carbocycles. The van der Waals surface area contributed by atoms with Crippen LogP contribution in [0.4, 0.5) is 0 Å². The molecule has 116 valence electrons. The standard InChI is InChI=1S/C14H21N3O3S/c1-16-14(18)10-2-8-13(9-3-10)21(19,20)17-12-6-4-11(15)5-7-12/h2-3,8-9,11-12,17H,4-7,15H2,1H3,(H,16,18). The molecule has 0 atom stereocenters. The number of rotatable bonds is 4. The number of carbonyl (C=O) groups excluding carboxylic acids is 1. The highest BCUT2D eigenvalue weighted by atomic mass is 32.2. The quantitative estimate of drug-likeness (QED) is 0.757. The number of nitrogens with two attached hydrogens (primary N) is 1. The van der Waals surface area contributed by atoms with Crippen molar-refractivity contribution in [3.8, 4) is 0 Å². The lowest BCUT2D eigenvalue weighted by molar-refractivity contribution is 0.0963. The molecule has 0 saturated heterocycles. The van der Waals surface area contributed by atoms with Crippen LogP contribution in [0.3, 0.4) is 0 Å². The zero-order chi connectivity index (χ0) is 15.5. The minimum Gasteiger partial charge on any atom is -0.355 e. The molecule has 1 fully saturated rings. The van der Waals surface area contributed by atoms with Crippen molar-refractivity contribution in [1.29, 1.82) is 0 Å². The zero-order valence-corrected chi connectivity index (χ0v) is 12.8. The van der Waals surface area contributed by atoms with E-state index in [0.717, 1.165) is 25.7 Å². The maximum absolute atomic E-state index is 12.3. The van der Waals surface area contributed by atoms with Crippen LogP contribution in [-0.4, -0.2) is 33.5 Å². The lowest BCUT2D eigenvalue weighted by Gasteiger charge is -2.26. The first-order valence-corrected chi connectivity index (χ1v) is 8.51. The summed E-state index contributed by atoms with van der Waals surface area (Å²) in [6, 6.07) is 6.02. The maximum Gasteiger partial charge on any atom is 0.251 e. The molecule has 1 amide bonds. The second-order valence-electron chi connectivity index (χ2n) is 5.34. The summed E-state index contributed by atoms with van der Waals surface area (Å²) in [5.74, 6) is -0.242. The molecule has 0 aromatic heterocycles. The van der Waals surface area contributed by atoms with E-state index in [2.05, 4.69) is 10.0 Å². The molecule has 2 rings (SSSR count). The molecule has 7 heteroatoms. The highest BCUT2D eigenvalue weighted by molar-refractivity contribution is 7.89. The summed E-state index contributed by atoms with van der Waals surface area (Å²) in [5.41, 5.74) is 6.25. The SMILES string of the molecule is CNC(=O)c1ccc(S(=O)(=O)NC2CCC(N)CC2)cc1. The Bertz CT molecular complexity index is 590. The molecule has 0 unspecified atom stereocenters. The Morgan fingerprint density at radius 1 is 1.14 bits per heavy atom. The van der Waals surface area contributed by atoms with Gasteiger partial charge in [0, 0.05) is 24.7 Å². The lowest BCUT2D eigenvalue weighted by atomic mass is 9.93. The highest BCUT2D eigenvalue weighted by Gasteiger charge is 2.24. The van der Waals surface area contributed by atoms with Gasteiger partial charge in [-0.25, -0.2) is 13.1 Å². The molecule has 0 bridgehead atoms. The average Bonchev–Trinajstić information content (AvgIpc) is 2.49. The van der Waals surface area contributed by atoms with E-state index < -0.39 is 10.0 Å². The van der Waals surface area contributed by atoms with Crippen LogP contribution >= 0.6 is 0 Å². The van der Waals surface area contributed by atoms with E-state index in [1.807, 2.05) is 0 Å². The predicted octanol–water partition coefficient (Wildman–Crippen LogP) is 0.594. The minimum absolute atomic E-state index is 0.0617. The molecule has 21 heavy (non-hydrogen) atoms. The van der Waals surface area contributed by atoms with Crippen LogP contribution in [0.2, 0.25) is 0 Å². The average molecular weight is 311 g/mol. The molecule has 0 aliphatic heterocycles. The molecule has 0 heterocycles. The molecule has 1 aliphatic rings. The van der Waals surface area contributed by atoms with Gasteiger partial charge in [-0.05, 0) is 49.9 Å². The molecular weight excluding hydrogens is 290 g/mol. The first-order valence-electron chi connectivity index (χ1n) is 7.02. The van der Waals surface area contributed by atoms with E-state index in [1.54, 1.807) is 0 Å². The van der Waals surface area contributed by atoms with Crippen molar-refractivity contribution in [3.63, 3.8) is 0 Å². The molecule has 1 aliphatic carbocycles. The van der Waals surface area contributed by atoms with E-state index in [-0.39, 0.29) is 22.9 Å². The van der Waals surface area contributed by atoms with Gasteiger partial charge in [0.2, 0.25) is 10.0 Å². The molecule has 4 N–H and O–H groups in total. The Morgan fingerprint density at radius 3 is 2.24 bits per heavy atom. The van der Waals surface area contributed by atoms with Crippen LogP contribution < -0.4 is 15.8 Å². The van der Waals surface area contributed by atoms with Gasteiger partial charge in [0.25, 0.3) is 5.91 Å². The third kappa shape index (κ3) is 4.03. The maximum atomic E-state index is 12.3. The summed E-state index contributed by atoms with van der Waals surface area (Å²) < 4.78 is 27.3. The summed E-state index contributed by atoms with van der Waals surface area (Å²) >= 11 is 0. The van der Waals surface area contributed by atoms with Gasteiger partial charge >= 0.3 is 0 Å². The third-order valence-corrected chi connectivity index (χ3v) is 5.28. The Labute approximate surface area is 125 Å². The minimum atomic E-state index is -3.55. The lowest BCUT2D eigenvalue weighted by Crippen LogP contribution is -2.40. The van der Waals surface area contributed by atoms with Crippen molar-refractivity contribution in [2.75, 3.05) is 7.05 Å². The van der Waals surface area contributed by atoms with Gasteiger partial charge in [0.15, 0.2) is 0 Å². The van der Waals surface area contributed by atoms with E-state index >= 15 is 0 Å². The number of carbonyl (C=O) groups is 1. The van der Waals surface area contributed by atoms with Gasteiger partial charge in [0.05, 0.1) is 4.90 Å². The van der Waals surface area contributed by atoms with Gasteiger partial charge in [-0.3, -0.25) is 4.79 Å². The normalized spacial score (nSPS) is 22.8. The fraction of sp³-hybridized carbons (Fsp3) is 0.500. The first kappa shape index (κ1) is 15.9. The van der Waals surface area contributed by atoms with E-state index in [4.69, 9.17) is 5.73 Å². The van der Waals surface area contributed by atoms with Crippen molar-refractivity contribution >= 4 is 15.9 Å². The van der Waals surface area contributed by atoms with Crippen molar-refractivity contribution in [2.24, 2.45) is 5.73 Å². The van der Waals surface area contributed by atoms with E-state index in [0.29, 0.717) is 5.56 Å². The van der Waals surface area contributed by atoms with Crippen LogP contribution in [-0.2, 0) is 10.0 Å². The Kier molecular flexibility index (Phi) is 4.97. The van der Waals surface area contributed by atoms with Gasteiger partial charge in [-0.15, -0.1) is 0 Å². The van der Waals surface area contributed by atoms with Crippen LogP contribution in [0.25, 0.3) is 0 Å². The summed E-state index contributed by atoms with van der Waals surface area (Å²) in [5, 5.41) is 2.49. The molecule has 1 aromatic carbocycles. The molecular formula is C14H21N3O3S. The number of sulfonamides is 1. The number of hydrogen-bond donors (Lipinski definition) is 3. The van der Waals surface area contributed by atoms with Crippen molar-refractivity contribution in [2.45, 2.75) is 42.7 Å². The van der Waals surface area contributed by atoms with Crippen LogP contribution in [0, 0.1) is 0 Å².